The number of hydrogen-bond donors (Lipinski definition) is 0. The van der Waals surface area contributed by atoms with Gasteiger partial charge >= 0.3 is 0 Å². The van der Waals surface area contributed by atoms with Gasteiger partial charge in [-0.2, -0.15) is 23.5 Å². The average Bonchev–Trinajstić information content (AvgIpc) is 2.58. The fraction of sp³-hybridized carbons (Fsp3) is 0.750. The standard InChI is InChI=1S/C12H20N2S3/c1-10-12(17-9-13-10)3-4-14(2)11-7-15-5-6-16-8-11/h9,11H,3-8H2,1-2H3. The largest absolute Gasteiger partial charge is 0.301 e. The van der Waals surface area contributed by atoms with Gasteiger partial charge in [-0.1, -0.05) is 0 Å². The number of rotatable bonds is 4. The number of thiazole rings is 1. The zero-order chi connectivity index (χ0) is 12.1. The van der Waals surface area contributed by atoms with Crippen molar-refractivity contribution in [3.8, 4) is 0 Å². The van der Waals surface area contributed by atoms with E-state index < -0.39 is 0 Å². The van der Waals surface area contributed by atoms with Crippen LogP contribution in [0.15, 0.2) is 5.51 Å². The maximum absolute atomic E-state index is 4.31. The summed E-state index contributed by atoms with van der Waals surface area (Å²) in [6.07, 6.45) is 1.15. The van der Waals surface area contributed by atoms with Gasteiger partial charge in [0.15, 0.2) is 0 Å². The van der Waals surface area contributed by atoms with Crippen LogP contribution in [-0.2, 0) is 6.42 Å². The Balaban J connectivity index is 1.80. The Morgan fingerprint density at radius 3 is 2.65 bits per heavy atom. The third-order valence-electron chi connectivity index (χ3n) is 3.15. The summed E-state index contributed by atoms with van der Waals surface area (Å²) in [5.74, 6) is 5.24. The molecule has 96 valence electrons. The number of thioether (sulfide) groups is 2. The highest BCUT2D eigenvalue weighted by Crippen LogP contribution is 2.20. The van der Waals surface area contributed by atoms with Gasteiger partial charge in [0.25, 0.3) is 0 Å². The molecular weight excluding hydrogens is 268 g/mol. The predicted octanol–water partition coefficient (Wildman–Crippen LogP) is 2.77. The fourth-order valence-electron chi connectivity index (χ4n) is 1.89. The van der Waals surface area contributed by atoms with Crippen LogP contribution in [0.2, 0.25) is 0 Å². The SMILES string of the molecule is Cc1ncsc1CCN(C)C1CSCCSC1. The molecule has 0 atom stereocenters. The molecule has 2 heterocycles. The summed E-state index contributed by atoms with van der Waals surface area (Å²) in [6.45, 7) is 3.28. The molecule has 0 spiro atoms. The van der Waals surface area contributed by atoms with Gasteiger partial charge in [-0.3, -0.25) is 0 Å². The second-order valence-corrected chi connectivity index (χ2v) is 7.63. The lowest BCUT2D eigenvalue weighted by molar-refractivity contribution is 0.286. The molecule has 1 aliphatic rings. The van der Waals surface area contributed by atoms with Gasteiger partial charge in [0.1, 0.15) is 0 Å². The molecule has 2 rings (SSSR count). The van der Waals surface area contributed by atoms with Crippen LogP contribution < -0.4 is 0 Å². The molecule has 17 heavy (non-hydrogen) atoms. The van der Waals surface area contributed by atoms with Crippen molar-refractivity contribution in [3.05, 3.63) is 16.1 Å². The second-order valence-electron chi connectivity index (χ2n) is 4.40. The van der Waals surface area contributed by atoms with E-state index in [1.54, 1.807) is 11.3 Å². The topological polar surface area (TPSA) is 16.1 Å². The highest BCUT2D eigenvalue weighted by Gasteiger charge is 2.17. The molecule has 1 fully saturated rings. The average molecular weight is 289 g/mol. The molecule has 0 amide bonds. The van der Waals surface area contributed by atoms with Crippen molar-refractivity contribution in [2.24, 2.45) is 0 Å². The van der Waals surface area contributed by atoms with Crippen LogP contribution in [0, 0.1) is 6.92 Å². The molecule has 0 unspecified atom stereocenters. The van der Waals surface area contributed by atoms with Crippen molar-refractivity contribution in [1.82, 2.24) is 9.88 Å². The molecule has 0 N–H and O–H groups in total. The predicted molar refractivity (Wildman–Crippen MR) is 81.6 cm³/mol. The van der Waals surface area contributed by atoms with E-state index in [4.69, 9.17) is 0 Å². The zero-order valence-corrected chi connectivity index (χ0v) is 13.0. The Kier molecular flexibility index (Phi) is 5.66. The first-order valence-corrected chi connectivity index (χ1v) is 9.21. The van der Waals surface area contributed by atoms with Crippen molar-refractivity contribution >= 4 is 34.9 Å². The number of aromatic nitrogens is 1. The first kappa shape index (κ1) is 13.7. The maximum atomic E-state index is 4.31. The highest BCUT2D eigenvalue weighted by atomic mass is 32.2. The van der Waals surface area contributed by atoms with E-state index in [1.807, 2.05) is 5.51 Å². The Hall–Kier alpha value is 0.290. The monoisotopic (exact) mass is 288 g/mol. The van der Waals surface area contributed by atoms with Crippen LogP contribution in [0.5, 0.6) is 0 Å². The summed E-state index contributed by atoms with van der Waals surface area (Å²) in [5, 5.41) is 0. The first-order valence-electron chi connectivity index (χ1n) is 6.02. The number of nitrogens with zero attached hydrogens (tertiary/aromatic N) is 2. The van der Waals surface area contributed by atoms with Crippen LogP contribution in [0.1, 0.15) is 10.6 Å². The van der Waals surface area contributed by atoms with Gasteiger partial charge in [0, 0.05) is 40.5 Å². The summed E-state index contributed by atoms with van der Waals surface area (Å²) in [4.78, 5) is 8.30. The Labute approximate surface area is 117 Å². The molecule has 0 radical (unpaired) electrons. The fourth-order valence-corrected chi connectivity index (χ4v) is 5.37. The number of likely N-dealkylation sites (N-methyl/N-ethyl adjacent to an activating group) is 1. The summed E-state index contributed by atoms with van der Waals surface area (Å²) >= 11 is 6.01. The lowest BCUT2D eigenvalue weighted by atomic mass is 10.2. The van der Waals surface area contributed by atoms with Crippen molar-refractivity contribution in [2.45, 2.75) is 19.4 Å². The Morgan fingerprint density at radius 2 is 2.06 bits per heavy atom. The van der Waals surface area contributed by atoms with E-state index in [0.717, 1.165) is 19.0 Å². The van der Waals surface area contributed by atoms with Gasteiger partial charge in [-0.15, -0.1) is 11.3 Å². The van der Waals surface area contributed by atoms with E-state index in [0.29, 0.717) is 0 Å². The zero-order valence-electron chi connectivity index (χ0n) is 10.5. The molecule has 0 aromatic carbocycles. The Morgan fingerprint density at radius 1 is 1.35 bits per heavy atom. The second kappa shape index (κ2) is 7.02. The molecule has 5 heteroatoms. The first-order chi connectivity index (χ1) is 8.27. The molecule has 1 aliphatic heterocycles. The lowest BCUT2D eigenvalue weighted by Gasteiger charge is -2.26. The molecule has 0 aliphatic carbocycles. The number of hydrogen-bond acceptors (Lipinski definition) is 5. The molecule has 1 aromatic heterocycles. The van der Waals surface area contributed by atoms with Crippen LogP contribution in [0.3, 0.4) is 0 Å². The summed E-state index contributed by atoms with van der Waals surface area (Å²) in [5.41, 5.74) is 3.18. The van der Waals surface area contributed by atoms with E-state index >= 15 is 0 Å². The summed E-state index contributed by atoms with van der Waals surface area (Å²) in [7, 11) is 2.27. The minimum atomic E-state index is 0.751. The maximum Gasteiger partial charge on any atom is 0.0797 e. The van der Waals surface area contributed by atoms with Crippen LogP contribution in [-0.4, -0.2) is 52.5 Å². The summed E-state index contributed by atoms with van der Waals surface area (Å²) < 4.78 is 0. The van der Waals surface area contributed by atoms with E-state index in [-0.39, 0.29) is 0 Å². The minimum absolute atomic E-state index is 0.751. The van der Waals surface area contributed by atoms with Crippen molar-refractivity contribution < 1.29 is 0 Å². The van der Waals surface area contributed by atoms with Crippen molar-refractivity contribution in [1.29, 1.82) is 0 Å². The van der Waals surface area contributed by atoms with Gasteiger partial charge in [0.2, 0.25) is 0 Å². The van der Waals surface area contributed by atoms with E-state index in [9.17, 15) is 0 Å². The third-order valence-corrected chi connectivity index (χ3v) is 6.63. The lowest BCUT2D eigenvalue weighted by Crippen LogP contribution is -2.36. The molecule has 2 nitrogen and oxygen atoms in total. The summed E-state index contributed by atoms with van der Waals surface area (Å²) in [6, 6.07) is 0.751. The van der Waals surface area contributed by atoms with Gasteiger partial charge in [-0.05, 0) is 20.4 Å². The van der Waals surface area contributed by atoms with Crippen LogP contribution in [0.25, 0.3) is 0 Å². The van der Waals surface area contributed by atoms with Crippen molar-refractivity contribution in [3.63, 3.8) is 0 Å². The van der Waals surface area contributed by atoms with Gasteiger partial charge < -0.3 is 4.90 Å². The van der Waals surface area contributed by atoms with Crippen molar-refractivity contribution in [2.75, 3.05) is 36.6 Å². The molecule has 0 saturated carbocycles. The van der Waals surface area contributed by atoms with Crippen LogP contribution >= 0.6 is 34.9 Å². The Bertz CT molecular complexity index is 332. The smallest absolute Gasteiger partial charge is 0.0797 e. The third kappa shape index (κ3) is 4.16. The normalized spacial score (nSPS) is 18.5. The van der Waals surface area contributed by atoms with Gasteiger partial charge in [-0.25, -0.2) is 4.98 Å². The molecule has 0 bridgehead atoms. The van der Waals surface area contributed by atoms with Crippen LogP contribution in [0.4, 0.5) is 0 Å². The molecule has 1 aromatic rings. The number of aryl methyl sites for hydroxylation is 1. The molecule has 1 saturated heterocycles. The van der Waals surface area contributed by atoms with E-state index in [1.165, 1.54) is 33.6 Å². The quantitative estimate of drug-likeness (QED) is 0.846. The highest BCUT2D eigenvalue weighted by molar-refractivity contribution is 8.03. The minimum Gasteiger partial charge on any atom is -0.301 e. The van der Waals surface area contributed by atoms with E-state index in [2.05, 4.69) is 47.4 Å². The molecular formula is C12H20N2S3. The van der Waals surface area contributed by atoms with Gasteiger partial charge in [0.05, 0.1) is 11.2 Å².